The second-order valence-corrected chi connectivity index (χ2v) is 6.34. The molecule has 0 aromatic heterocycles. The molecule has 0 aliphatic heterocycles. The van der Waals surface area contributed by atoms with Crippen molar-refractivity contribution in [1.82, 2.24) is 0 Å². The van der Waals surface area contributed by atoms with Gasteiger partial charge in [0.25, 0.3) is 0 Å². The van der Waals surface area contributed by atoms with E-state index in [2.05, 4.69) is 10.6 Å². The first-order valence-corrected chi connectivity index (χ1v) is 8.27. The molecule has 0 bridgehead atoms. The number of rotatable bonds is 6. The summed E-state index contributed by atoms with van der Waals surface area (Å²) in [6, 6.07) is 14.6. The van der Waals surface area contributed by atoms with E-state index in [0.717, 1.165) is 5.56 Å². The highest BCUT2D eigenvalue weighted by atomic mass is 35.5. The molecule has 2 N–H and O–H groups in total. The molecule has 24 heavy (non-hydrogen) atoms. The molecule has 0 heterocycles. The lowest BCUT2D eigenvalue weighted by Crippen LogP contribution is -2.17. The highest BCUT2D eigenvalue weighted by molar-refractivity contribution is 6.30. The Hall–Kier alpha value is -2.33. The van der Waals surface area contributed by atoms with Crippen LogP contribution in [0.3, 0.4) is 0 Å². The smallest absolute Gasteiger partial charge is 0.226 e. The minimum absolute atomic E-state index is 0.0340. The van der Waals surface area contributed by atoms with E-state index in [4.69, 9.17) is 11.6 Å². The fourth-order valence-electron chi connectivity index (χ4n) is 2.10. The van der Waals surface area contributed by atoms with E-state index in [0.29, 0.717) is 29.2 Å². The average molecular weight is 345 g/mol. The van der Waals surface area contributed by atoms with Gasteiger partial charge in [0.15, 0.2) is 0 Å². The maximum absolute atomic E-state index is 12.0. The van der Waals surface area contributed by atoms with Gasteiger partial charge in [-0.25, -0.2) is 0 Å². The minimum atomic E-state index is -0.0733. The Morgan fingerprint density at radius 2 is 1.62 bits per heavy atom. The topological polar surface area (TPSA) is 58.2 Å². The van der Waals surface area contributed by atoms with Gasteiger partial charge >= 0.3 is 0 Å². The van der Waals surface area contributed by atoms with E-state index >= 15 is 0 Å². The molecule has 2 amide bonds. The van der Waals surface area contributed by atoms with Crippen molar-refractivity contribution in [3.8, 4) is 0 Å². The third kappa shape index (κ3) is 5.70. The van der Waals surface area contributed by atoms with Gasteiger partial charge in [0.1, 0.15) is 0 Å². The Morgan fingerprint density at radius 1 is 1.00 bits per heavy atom. The fourth-order valence-corrected chi connectivity index (χ4v) is 2.31. The highest BCUT2D eigenvalue weighted by Gasteiger charge is 2.07. The number of halogens is 1. The zero-order valence-electron chi connectivity index (χ0n) is 13.8. The van der Waals surface area contributed by atoms with Crippen molar-refractivity contribution < 1.29 is 9.59 Å². The third-order valence-corrected chi connectivity index (χ3v) is 3.73. The number of nitrogens with one attached hydrogen (secondary N) is 2. The van der Waals surface area contributed by atoms with Gasteiger partial charge in [0, 0.05) is 28.7 Å². The van der Waals surface area contributed by atoms with Gasteiger partial charge in [0.2, 0.25) is 11.8 Å². The number of carbonyl (C=O) groups is 2. The predicted molar refractivity (Wildman–Crippen MR) is 98.3 cm³/mol. The summed E-state index contributed by atoms with van der Waals surface area (Å²) in [6.07, 6.45) is 1.01. The van der Waals surface area contributed by atoms with Crippen molar-refractivity contribution in [3.05, 3.63) is 59.1 Å². The molecule has 0 saturated heterocycles. The number of aryl methyl sites for hydroxylation is 1. The Balaban J connectivity index is 1.84. The zero-order valence-corrected chi connectivity index (χ0v) is 14.6. The van der Waals surface area contributed by atoms with Crippen LogP contribution in [0.15, 0.2) is 48.5 Å². The highest BCUT2D eigenvalue weighted by Crippen LogP contribution is 2.16. The number of hydrogen-bond donors (Lipinski definition) is 2. The van der Waals surface area contributed by atoms with E-state index in [1.54, 1.807) is 24.3 Å². The van der Waals surface area contributed by atoms with Crippen molar-refractivity contribution in [1.29, 1.82) is 0 Å². The summed E-state index contributed by atoms with van der Waals surface area (Å²) in [5, 5.41) is 6.33. The number of benzene rings is 2. The lowest BCUT2D eigenvalue weighted by Gasteiger charge is -2.09. The minimum Gasteiger partial charge on any atom is -0.326 e. The standard InChI is InChI=1S/C19H21ClN2O2/c1-13(2)19(24)22-17-9-7-16(8-10-17)21-18(23)11-6-14-4-3-5-15(20)12-14/h3-5,7-10,12-13H,6,11H2,1-2H3,(H,21,23)(H,22,24). The van der Waals surface area contributed by atoms with Crippen molar-refractivity contribution in [3.63, 3.8) is 0 Å². The van der Waals surface area contributed by atoms with E-state index in [-0.39, 0.29) is 17.7 Å². The van der Waals surface area contributed by atoms with Gasteiger partial charge in [-0.3, -0.25) is 9.59 Å². The van der Waals surface area contributed by atoms with Crippen LogP contribution in [-0.2, 0) is 16.0 Å². The van der Waals surface area contributed by atoms with Crippen LogP contribution in [0.1, 0.15) is 25.8 Å². The maximum Gasteiger partial charge on any atom is 0.226 e. The molecule has 126 valence electrons. The SMILES string of the molecule is CC(C)C(=O)Nc1ccc(NC(=O)CCc2cccc(Cl)c2)cc1. The molecule has 2 aromatic rings. The second-order valence-electron chi connectivity index (χ2n) is 5.90. The first-order chi connectivity index (χ1) is 11.4. The Bertz CT molecular complexity index is 712. The summed E-state index contributed by atoms with van der Waals surface area (Å²) in [5.41, 5.74) is 2.45. The molecule has 0 saturated carbocycles. The van der Waals surface area contributed by atoms with E-state index in [1.165, 1.54) is 0 Å². The van der Waals surface area contributed by atoms with E-state index in [1.807, 2.05) is 38.1 Å². The largest absolute Gasteiger partial charge is 0.326 e. The summed E-state index contributed by atoms with van der Waals surface area (Å²) >= 11 is 5.93. The Labute approximate surface area is 147 Å². The molecular formula is C19H21ClN2O2. The summed E-state index contributed by atoms with van der Waals surface area (Å²) < 4.78 is 0. The molecule has 0 radical (unpaired) electrons. The first-order valence-electron chi connectivity index (χ1n) is 7.89. The molecular weight excluding hydrogens is 324 g/mol. The van der Waals surface area contributed by atoms with Crippen LogP contribution in [-0.4, -0.2) is 11.8 Å². The second kappa shape index (κ2) is 8.50. The molecule has 4 nitrogen and oxygen atoms in total. The van der Waals surface area contributed by atoms with Crippen LogP contribution in [0.25, 0.3) is 0 Å². The zero-order chi connectivity index (χ0) is 17.5. The lowest BCUT2D eigenvalue weighted by atomic mass is 10.1. The number of amides is 2. The maximum atomic E-state index is 12.0. The predicted octanol–water partition coefficient (Wildman–Crippen LogP) is 4.51. The molecule has 2 rings (SSSR count). The Kier molecular flexibility index (Phi) is 6.38. The first kappa shape index (κ1) is 18.0. The molecule has 0 atom stereocenters. The van der Waals surface area contributed by atoms with Crippen molar-refractivity contribution in [2.45, 2.75) is 26.7 Å². The molecule has 5 heteroatoms. The molecule has 0 spiro atoms. The van der Waals surface area contributed by atoms with Gasteiger partial charge in [-0.2, -0.15) is 0 Å². The van der Waals surface area contributed by atoms with Gasteiger partial charge in [-0.15, -0.1) is 0 Å². The number of hydrogen-bond acceptors (Lipinski definition) is 2. The number of carbonyl (C=O) groups excluding carboxylic acids is 2. The van der Waals surface area contributed by atoms with Gasteiger partial charge < -0.3 is 10.6 Å². The van der Waals surface area contributed by atoms with Gasteiger partial charge in [-0.05, 0) is 48.4 Å². The quantitative estimate of drug-likeness (QED) is 0.810. The molecule has 2 aromatic carbocycles. The fraction of sp³-hybridized carbons (Fsp3) is 0.263. The monoisotopic (exact) mass is 344 g/mol. The van der Waals surface area contributed by atoms with Crippen LogP contribution in [0.5, 0.6) is 0 Å². The van der Waals surface area contributed by atoms with Crippen LogP contribution < -0.4 is 10.6 Å². The van der Waals surface area contributed by atoms with Crippen molar-refractivity contribution >= 4 is 34.8 Å². The third-order valence-electron chi connectivity index (χ3n) is 3.49. The van der Waals surface area contributed by atoms with Crippen molar-refractivity contribution in [2.75, 3.05) is 10.6 Å². The number of anilines is 2. The summed E-state index contributed by atoms with van der Waals surface area (Å²) in [4.78, 5) is 23.6. The molecule has 0 fully saturated rings. The molecule has 0 aliphatic carbocycles. The normalized spacial score (nSPS) is 10.5. The van der Waals surface area contributed by atoms with E-state index < -0.39 is 0 Å². The molecule has 0 aliphatic rings. The lowest BCUT2D eigenvalue weighted by molar-refractivity contribution is -0.119. The van der Waals surface area contributed by atoms with Crippen LogP contribution in [0.2, 0.25) is 5.02 Å². The van der Waals surface area contributed by atoms with Crippen molar-refractivity contribution in [2.24, 2.45) is 5.92 Å². The van der Waals surface area contributed by atoms with Gasteiger partial charge in [0.05, 0.1) is 0 Å². The summed E-state index contributed by atoms with van der Waals surface area (Å²) in [7, 11) is 0. The molecule has 0 unspecified atom stereocenters. The van der Waals surface area contributed by atoms with E-state index in [9.17, 15) is 9.59 Å². The average Bonchev–Trinajstić information content (AvgIpc) is 2.55. The van der Waals surface area contributed by atoms with Crippen LogP contribution in [0.4, 0.5) is 11.4 Å². The Morgan fingerprint density at radius 3 is 2.21 bits per heavy atom. The summed E-state index contributed by atoms with van der Waals surface area (Å²) in [5.74, 6) is -0.168. The van der Waals surface area contributed by atoms with Crippen LogP contribution >= 0.6 is 11.6 Å². The van der Waals surface area contributed by atoms with Crippen LogP contribution in [0, 0.1) is 5.92 Å². The summed E-state index contributed by atoms with van der Waals surface area (Å²) in [6.45, 7) is 3.67. The van der Waals surface area contributed by atoms with Gasteiger partial charge in [-0.1, -0.05) is 37.6 Å².